The summed E-state index contributed by atoms with van der Waals surface area (Å²) < 4.78 is 10.4. The van der Waals surface area contributed by atoms with Crippen LogP contribution in [0, 0.1) is 0 Å². The first-order valence-electron chi connectivity index (χ1n) is 7.82. The van der Waals surface area contributed by atoms with E-state index in [1.807, 2.05) is 54.8 Å². The quantitative estimate of drug-likeness (QED) is 0.768. The molecule has 0 bridgehead atoms. The van der Waals surface area contributed by atoms with Crippen molar-refractivity contribution in [3.63, 3.8) is 0 Å². The van der Waals surface area contributed by atoms with Gasteiger partial charge in [-0.2, -0.15) is 11.8 Å². The van der Waals surface area contributed by atoms with Gasteiger partial charge in [0.2, 0.25) is 0 Å². The van der Waals surface area contributed by atoms with E-state index in [1.165, 1.54) is 0 Å². The molecule has 0 radical (unpaired) electrons. The molecule has 1 unspecified atom stereocenters. The fourth-order valence-corrected chi connectivity index (χ4v) is 3.23. The first kappa shape index (κ1) is 18.6. The number of aliphatic hydroxyl groups is 1. The van der Waals surface area contributed by atoms with Gasteiger partial charge < -0.3 is 20.3 Å². The van der Waals surface area contributed by atoms with Crippen molar-refractivity contribution >= 4 is 11.8 Å². The third kappa shape index (κ3) is 3.86. The molecule has 2 aromatic carbocycles. The minimum atomic E-state index is -1.27. The summed E-state index contributed by atoms with van der Waals surface area (Å²) >= 11 is 1.72. The molecular formula is C19H25NO3S. The zero-order valence-corrected chi connectivity index (χ0v) is 15.2. The third-order valence-corrected chi connectivity index (χ3v) is 4.87. The van der Waals surface area contributed by atoms with E-state index in [-0.39, 0.29) is 0 Å². The Balaban J connectivity index is 2.45. The Labute approximate surface area is 148 Å². The molecule has 24 heavy (non-hydrogen) atoms. The normalized spacial score (nSPS) is 12.7. The number of thioether (sulfide) groups is 1. The molecule has 0 aromatic heterocycles. The first-order chi connectivity index (χ1) is 11.6. The zero-order chi connectivity index (χ0) is 17.6. The molecule has 2 rings (SSSR count). The second-order valence-corrected chi connectivity index (χ2v) is 6.60. The molecule has 0 amide bonds. The van der Waals surface area contributed by atoms with Crippen molar-refractivity contribution in [1.29, 1.82) is 0 Å². The van der Waals surface area contributed by atoms with Crippen molar-refractivity contribution in [1.82, 2.24) is 0 Å². The highest BCUT2D eigenvalue weighted by Crippen LogP contribution is 2.35. The molecule has 0 spiro atoms. The van der Waals surface area contributed by atoms with Gasteiger partial charge in [-0.3, -0.25) is 0 Å². The minimum absolute atomic E-state index is 0.424. The highest BCUT2D eigenvalue weighted by atomic mass is 32.2. The van der Waals surface area contributed by atoms with Crippen molar-refractivity contribution in [2.45, 2.75) is 18.1 Å². The van der Waals surface area contributed by atoms with Crippen LogP contribution in [0.5, 0.6) is 11.5 Å². The van der Waals surface area contributed by atoms with Gasteiger partial charge in [0.25, 0.3) is 0 Å². The molecule has 5 heteroatoms. The van der Waals surface area contributed by atoms with Crippen LogP contribution in [0.15, 0.2) is 48.5 Å². The highest BCUT2D eigenvalue weighted by Gasteiger charge is 2.38. The molecule has 0 saturated heterocycles. The maximum Gasteiger partial charge on any atom is 0.130 e. The van der Waals surface area contributed by atoms with E-state index in [0.29, 0.717) is 6.42 Å². The van der Waals surface area contributed by atoms with E-state index >= 15 is 0 Å². The maximum absolute atomic E-state index is 11.6. The smallest absolute Gasteiger partial charge is 0.130 e. The van der Waals surface area contributed by atoms with Gasteiger partial charge in [-0.1, -0.05) is 24.3 Å². The van der Waals surface area contributed by atoms with Gasteiger partial charge in [-0.15, -0.1) is 0 Å². The van der Waals surface area contributed by atoms with Crippen molar-refractivity contribution < 1.29 is 14.6 Å². The van der Waals surface area contributed by atoms with E-state index in [0.717, 1.165) is 28.4 Å². The number of rotatable bonds is 8. The SMILES string of the molecule is COc1ccc(C(O)(c2ccc(OC)cc2)C(N)CCSC)cc1. The first-order valence-corrected chi connectivity index (χ1v) is 9.21. The lowest BCUT2D eigenvalue weighted by Gasteiger charge is -2.35. The number of hydrogen-bond acceptors (Lipinski definition) is 5. The molecule has 0 heterocycles. The summed E-state index contributed by atoms with van der Waals surface area (Å²) in [4.78, 5) is 0. The Bertz CT molecular complexity index is 581. The summed E-state index contributed by atoms with van der Waals surface area (Å²) in [5.74, 6) is 2.37. The van der Waals surface area contributed by atoms with E-state index in [4.69, 9.17) is 15.2 Å². The molecule has 0 aliphatic heterocycles. The van der Waals surface area contributed by atoms with Crippen molar-refractivity contribution in [3.8, 4) is 11.5 Å². The van der Waals surface area contributed by atoms with Crippen LogP contribution in [0.4, 0.5) is 0 Å². The highest BCUT2D eigenvalue weighted by molar-refractivity contribution is 7.98. The summed E-state index contributed by atoms with van der Waals surface area (Å²) in [5, 5.41) is 11.6. The third-order valence-electron chi connectivity index (χ3n) is 4.23. The molecule has 0 aliphatic carbocycles. The van der Waals surface area contributed by atoms with Gasteiger partial charge in [-0.05, 0) is 53.8 Å². The second kappa shape index (κ2) is 8.42. The largest absolute Gasteiger partial charge is 0.497 e. The lowest BCUT2D eigenvalue weighted by atomic mass is 9.79. The number of benzene rings is 2. The van der Waals surface area contributed by atoms with Gasteiger partial charge in [0.05, 0.1) is 14.2 Å². The van der Waals surface area contributed by atoms with E-state index in [9.17, 15) is 5.11 Å². The Kier molecular flexibility index (Phi) is 6.54. The average molecular weight is 347 g/mol. The van der Waals surface area contributed by atoms with Crippen molar-refractivity contribution in [2.24, 2.45) is 5.73 Å². The van der Waals surface area contributed by atoms with Crippen LogP contribution in [-0.2, 0) is 5.60 Å². The Morgan fingerprint density at radius 1 is 0.958 bits per heavy atom. The molecular weight excluding hydrogens is 322 g/mol. The number of hydrogen-bond donors (Lipinski definition) is 2. The average Bonchev–Trinajstić information content (AvgIpc) is 2.65. The topological polar surface area (TPSA) is 64.7 Å². The van der Waals surface area contributed by atoms with E-state index in [2.05, 4.69) is 0 Å². The fraction of sp³-hybridized carbons (Fsp3) is 0.368. The van der Waals surface area contributed by atoms with Crippen LogP contribution in [-0.4, -0.2) is 37.4 Å². The molecule has 2 aromatic rings. The predicted octanol–water partition coefficient (Wildman–Crippen LogP) is 3.02. The van der Waals surface area contributed by atoms with Crippen LogP contribution < -0.4 is 15.2 Å². The van der Waals surface area contributed by atoms with E-state index < -0.39 is 11.6 Å². The van der Waals surface area contributed by atoms with Gasteiger partial charge in [0.1, 0.15) is 17.1 Å². The number of nitrogens with two attached hydrogens (primary N) is 1. The summed E-state index contributed by atoms with van der Waals surface area (Å²) in [7, 11) is 3.24. The van der Waals surface area contributed by atoms with E-state index in [1.54, 1.807) is 26.0 Å². The molecule has 130 valence electrons. The van der Waals surface area contributed by atoms with Crippen LogP contribution in [0.2, 0.25) is 0 Å². The van der Waals surface area contributed by atoms with Crippen LogP contribution >= 0.6 is 11.8 Å². The van der Waals surface area contributed by atoms with Gasteiger partial charge >= 0.3 is 0 Å². The van der Waals surface area contributed by atoms with Gasteiger partial charge in [-0.25, -0.2) is 0 Å². The minimum Gasteiger partial charge on any atom is -0.497 e. The Morgan fingerprint density at radius 2 is 1.38 bits per heavy atom. The number of ether oxygens (including phenoxy) is 2. The lowest BCUT2D eigenvalue weighted by Crippen LogP contribution is -2.46. The molecule has 1 atom stereocenters. The molecule has 0 fully saturated rings. The summed E-state index contributed by atoms with van der Waals surface area (Å²) in [6.07, 6.45) is 2.74. The standard InChI is InChI=1S/C19H25NO3S/c1-22-16-8-4-14(5-9-16)19(21,18(20)12-13-24-3)15-6-10-17(23-2)11-7-15/h4-11,18,21H,12-13,20H2,1-3H3. The predicted molar refractivity (Wildman–Crippen MR) is 100.0 cm³/mol. The summed E-state index contributed by atoms with van der Waals surface area (Å²) in [5.41, 5.74) is 6.65. The molecule has 0 aliphatic rings. The Hall–Kier alpha value is -1.69. The fourth-order valence-electron chi connectivity index (χ4n) is 2.74. The Morgan fingerprint density at radius 3 is 1.71 bits per heavy atom. The maximum atomic E-state index is 11.6. The van der Waals surface area contributed by atoms with Crippen LogP contribution in [0.25, 0.3) is 0 Å². The number of methoxy groups -OCH3 is 2. The van der Waals surface area contributed by atoms with Crippen LogP contribution in [0.1, 0.15) is 17.5 Å². The van der Waals surface area contributed by atoms with Gasteiger partial charge in [0, 0.05) is 6.04 Å². The second-order valence-electron chi connectivity index (χ2n) is 5.61. The van der Waals surface area contributed by atoms with Crippen molar-refractivity contribution in [3.05, 3.63) is 59.7 Å². The summed E-state index contributed by atoms with van der Waals surface area (Å²) in [6, 6.07) is 14.4. The monoisotopic (exact) mass is 347 g/mol. The molecule has 3 N–H and O–H groups in total. The van der Waals surface area contributed by atoms with Gasteiger partial charge in [0.15, 0.2) is 0 Å². The summed E-state index contributed by atoms with van der Waals surface area (Å²) in [6.45, 7) is 0. The zero-order valence-electron chi connectivity index (χ0n) is 14.4. The van der Waals surface area contributed by atoms with Crippen molar-refractivity contribution in [2.75, 3.05) is 26.2 Å². The molecule has 0 saturated carbocycles. The molecule has 4 nitrogen and oxygen atoms in total. The lowest BCUT2D eigenvalue weighted by molar-refractivity contribution is 0.0506. The van der Waals surface area contributed by atoms with Crippen LogP contribution in [0.3, 0.4) is 0 Å².